The first-order chi connectivity index (χ1) is 16.0. The highest BCUT2D eigenvalue weighted by Crippen LogP contribution is 2.33. The van der Waals surface area contributed by atoms with Crippen LogP contribution in [0.1, 0.15) is 16.1 Å². The normalized spacial score (nSPS) is 11.4. The predicted molar refractivity (Wildman–Crippen MR) is 122 cm³/mol. The summed E-state index contributed by atoms with van der Waals surface area (Å²) >= 11 is 1.02. The van der Waals surface area contributed by atoms with Gasteiger partial charge in [0.2, 0.25) is 0 Å². The zero-order chi connectivity index (χ0) is 24.6. The SMILES string of the molecule is CS(=O)(=O)c1ccc2nc(N(Cc3ccco3)C(=O)c3cc([N+](=O)[O-])cc([N+](=O)[O-])c3)sc2c1. The molecule has 34 heavy (non-hydrogen) atoms. The van der Waals surface area contributed by atoms with Crippen molar-refractivity contribution in [2.75, 3.05) is 11.2 Å². The molecule has 174 valence electrons. The van der Waals surface area contributed by atoms with Crippen LogP contribution in [0.5, 0.6) is 0 Å². The van der Waals surface area contributed by atoms with Gasteiger partial charge in [0.05, 0.1) is 49.4 Å². The number of hydrogen-bond acceptors (Lipinski definition) is 10. The second kappa shape index (κ2) is 8.64. The van der Waals surface area contributed by atoms with E-state index in [1.54, 1.807) is 12.1 Å². The molecule has 14 heteroatoms. The van der Waals surface area contributed by atoms with Crippen LogP contribution < -0.4 is 4.90 Å². The molecule has 0 aliphatic rings. The van der Waals surface area contributed by atoms with E-state index in [4.69, 9.17) is 4.42 Å². The molecular weight excluding hydrogens is 488 g/mol. The van der Waals surface area contributed by atoms with Gasteiger partial charge in [0.15, 0.2) is 15.0 Å². The maximum atomic E-state index is 13.4. The van der Waals surface area contributed by atoms with Crippen molar-refractivity contribution in [3.63, 3.8) is 0 Å². The smallest absolute Gasteiger partial charge is 0.277 e. The molecule has 0 fully saturated rings. The number of carbonyl (C=O) groups is 1. The molecule has 2 aromatic heterocycles. The zero-order valence-electron chi connectivity index (χ0n) is 17.3. The summed E-state index contributed by atoms with van der Waals surface area (Å²) in [6.45, 7) is -0.124. The lowest BCUT2D eigenvalue weighted by Crippen LogP contribution is -2.30. The highest BCUT2D eigenvalue weighted by Gasteiger charge is 2.27. The molecule has 4 aromatic rings. The minimum Gasteiger partial charge on any atom is -0.467 e. The van der Waals surface area contributed by atoms with Gasteiger partial charge in [-0.3, -0.25) is 29.9 Å². The number of nitro benzene ring substituents is 2. The lowest BCUT2D eigenvalue weighted by atomic mass is 10.1. The van der Waals surface area contributed by atoms with Crippen LogP contribution in [-0.2, 0) is 16.4 Å². The average Bonchev–Trinajstić information content (AvgIpc) is 3.44. The molecule has 0 atom stereocenters. The van der Waals surface area contributed by atoms with Crippen molar-refractivity contribution in [2.24, 2.45) is 0 Å². The number of thiazole rings is 1. The van der Waals surface area contributed by atoms with Gasteiger partial charge in [-0.05, 0) is 30.3 Å². The van der Waals surface area contributed by atoms with E-state index in [1.165, 1.54) is 24.5 Å². The van der Waals surface area contributed by atoms with Crippen molar-refractivity contribution < 1.29 is 27.5 Å². The number of sulfone groups is 1. The number of amides is 1. The molecule has 0 bridgehead atoms. The summed E-state index contributed by atoms with van der Waals surface area (Å²) in [5.41, 5.74) is -1.09. The molecule has 0 saturated heterocycles. The fourth-order valence-corrected chi connectivity index (χ4v) is 4.83. The fourth-order valence-electron chi connectivity index (χ4n) is 3.11. The first kappa shape index (κ1) is 23.0. The standard InChI is InChI=1S/C20H14N4O8S2/c1-34(30,31)16-4-5-17-18(10-16)33-20(21-17)22(11-15-3-2-6-32-15)19(25)12-7-13(23(26)27)9-14(8-12)24(28)29/h2-10H,11H2,1H3. The van der Waals surface area contributed by atoms with E-state index in [2.05, 4.69) is 4.98 Å². The fraction of sp³-hybridized carbons (Fsp3) is 0.100. The Bertz CT molecular complexity index is 1510. The average molecular weight is 502 g/mol. The van der Waals surface area contributed by atoms with Crippen molar-refractivity contribution in [2.45, 2.75) is 11.4 Å². The van der Waals surface area contributed by atoms with E-state index < -0.39 is 37.0 Å². The van der Waals surface area contributed by atoms with Gasteiger partial charge in [-0.25, -0.2) is 13.4 Å². The number of carbonyl (C=O) groups excluding carboxylic acids is 1. The molecule has 0 spiro atoms. The topological polar surface area (TPSA) is 167 Å². The summed E-state index contributed by atoms with van der Waals surface area (Å²) < 4.78 is 29.6. The van der Waals surface area contributed by atoms with Crippen LogP contribution >= 0.6 is 11.3 Å². The summed E-state index contributed by atoms with van der Waals surface area (Å²) in [7, 11) is -3.48. The minimum atomic E-state index is -3.48. The molecule has 2 heterocycles. The second-order valence-electron chi connectivity index (χ2n) is 7.12. The number of benzene rings is 2. The maximum Gasteiger partial charge on any atom is 0.277 e. The number of fused-ring (bicyclic) bond motifs is 1. The van der Waals surface area contributed by atoms with Crippen LogP contribution in [0.3, 0.4) is 0 Å². The number of furan rings is 1. The summed E-state index contributed by atoms with van der Waals surface area (Å²) in [5, 5.41) is 22.7. The monoisotopic (exact) mass is 502 g/mol. The van der Waals surface area contributed by atoms with E-state index in [9.17, 15) is 33.4 Å². The number of anilines is 1. The Hall–Kier alpha value is -4.17. The Morgan fingerprint density at radius 3 is 2.32 bits per heavy atom. The van der Waals surface area contributed by atoms with Crippen LogP contribution in [0.4, 0.5) is 16.5 Å². The van der Waals surface area contributed by atoms with Gasteiger partial charge < -0.3 is 4.42 Å². The van der Waals surface area contributed by atoms with Crippen LogP contribution in [0.15, 0.2) is 64.1 Å². The van der Waals surface area contributed by atoms with Gasteiger partial charge in [0, 0.05) is 18.4 Å². The molecule has 0 N–H and O–H groups in total. The number of non-ortho nitro benzene ring substituents is 2. The van der Waals surface area contributed by atoms with Crippen molar-refractivity contribution in [3.05, 3.63) is 86.3 Å². The lowest BCUT2D eigenvalue weighted by molar-refractivity contribution is -0.394. The molecule has 4 rings (SSSR count). The van der Waals surface area contributed by atoms with Crippen LogP contribution in [0.2, 0.25) is 0 Å². The molecule has 12 nitrogen and oxygen atoms in total. The number of rotatable bonds is 7. The van der Waals surface area contributed by atoms with Crippen molar-refractivity contribution >= 4 is 53.8 Å². The first-order valence-electron chi connectivity index (χ1n) is 9.42. The van der Waals surface area contributed by atoms with Crippen molar-refractivity contribution in [1.82, 2.24) is 4.98 Å². The van der Waals surface area contributed by atoms with E-state index in [0.717, 1.165) is 40.7 Å². The highest BCUT2D eigenvalue weighted by atomic mass is 32.2. The van der Waals surface area contributed by atoms with Gasteiger partial charge in [-0.1, -0.05) is 11.3 Å². The van der Waals surface area contributed by atoms with Crippen LogP contribution in [0, 0.1) is 20.2 Å². The molecular formula is C20H14N4O8S2. The van der Waals surface area contributed by atoms with Gasteiger partial charge in [-0.15, -0.1) is 0 Å². The Kier molecular flexibility index (Phi) is 5.85. The van der Waals surface area contributed by atoms with Gasteiger partial charge in [-0.2, -0.15) is 0 Å². The molecule has 0 aliphatic heterocycles. The predicted octanol–water partition coefficient (Wildman–Crippen LogP) is 3.96. The van der Waals surface area contributed by atoms with Gasteiger partial charge in [0.25, 0.3) is 17.3 Å². The summed E-state index contributed by atoms with van der Waals surface area (Å²) in [4.78, 5) is 39.9. The Morgan fingerprint density at radius 2 is 1.76 bits per heavy atom. The molecule has 0 aliphatic carbocycles. The van der Waals surface area contributed by atoms with Gasteiger partial charge >= 0.3 is 0 Å². The quantitative estimate of drug-likeness (QED) is 0.268. The molecule has 0 radical (unpaired) electrons. The molecule has 0 saturated carbocycles. The third-order valence-corrected chi connectivity index (χ3v) is 6.87. The number of hydrogen-bond donors (Lipinski definition) is 0. The van der Waals surface area contributed by atoms with E-state index in [1.807, 2.05) is 0 Å². The van der Waals surface area contributed by atoms with E-state index in [0.29, 0.717) is 16.0 Å². The highest BCUT2D eigenvalue weighted by molar-refractivity contribution is 7.90. The largest absolute Gasteiger partial charge is 0.467 e. The van der Waals surface area contributed by atoms with Crippen molar-refractivity contribution in [1.29, 1.82) is 0 Å². The number of nitrogens with zero attached hydrogens (tertiary/aromatic N) is 4. The summed E-state index contributed by atoms with van der Waals surface area (Å²) in [5.74, 6) is -0.421. The molecule has 1 amide bonds. The Labute approximate surface area is 195 Å². The summed E-state index contributed by atoms with van der Waals surface area (Å²) in [6, 6.07) is 10.2. The molecule has 2 aromatic carbocycles. The number of nitro groups is 2. The first-order valence-corrected chi connectivity index (χ1v) is 12.1. The third-order valence-electron chi connectivity index (χ3n) is 4.72. The maximum absolute atomic E-state index is 13.4. The van der Waals surface area contributed by atoms with Gasteiger partial charge in [0.1, 0.15) is 5.76 Å². The third kappa shape index (κ3) is 4.62. The molecule has 0 unspecified atom stereocenters. The Balaban J connectivity index is 1.83. The van der Waals surface area contributed by atoms with Crippen LogP contribution in [-0.4, -0.2) is 35.4 Å². The minimum absolute atomic E-state index is 0.0772. The Morgan fingerprint density at radius 1 is 1.09 bits per heavy atom. The summed E-state index contributed by atoms with van der Waals surface area (Å²) in [6.07, 6.45) is 2.46. The zero-order valence-corrected chi connectivity index (χ0v) is 18.9. The van der Waals surface area contributed by atoms with E-state index >= 15 is 0 Å². The van der Waals surface area contributed by atoms with E-state index in [-0.39, 0.29) is 22.1 Å². The van der Waals surface area contributed by atoms with Crippen LogP contribution in [0.25, 0.3) is 10.2 Å². The number of aromatic nitrogens is 1. The van der Waals surface area contributed by atoms with Crippen molar-refractivity contribution in [3.8, 4) is 0 Å². The lowest BCUT2D eigenvalue weighted by Gasteiger charge is -2.18. The second-order valence-corrected chi connectivity index (χ2v) is 10.1.